The molecule has 1 heterocycles. The zero-order valence-corrected chi connectivity index (χ0v) is 25.5. The van der Waals surface area contributed by atoms with Crippen molar-refractivity contribution in [1.29, 1.82) is 0 Å². The first-order valence-corrected chi connectivity index (χ1v) is 14.6. The van der Waals surface area contributed by atoms with Gasteiger partial charge in [-0.05, 0) is 59.5 Å². The lowest BCUT2D eigenvalue weighted by atomic mass is 9.78. The highest BCUT2D eigenvalue weighted by atomic mass is 19.4. The van der Waals surface area contributed by atoms with Crippen molar-refractivity contribution in [3.05, 3.63) is 100 Å². The van der Waals surface area contributed by atoms with Crippen LogP contribution in [0.25, 0.3) is 0 Å². The third-order valence-electron chi connectivity index (χ3n) is 7.73. The molecule has 0 saturated carbocycles. The van der Waals surface area contributed by atoms with Crippen LogP contribution in [0.4, 0.5) is 26.3 Å². The Morgan fingerprint density at radius 3 is 2.17 bits per heavy atom. The molecule has 0 aromatic heterocycles. The van der Waals surface area contributed by atoms with E-state index in [-0.39, 0.29) is 43.3 Å². The van der Waals surface area contributed by atoms with E-state index < -0.39 is 65.3 Å². The van der Waals surface area contributed by atoms with Crippen LogP contribution >= 0.6 is 0 Å². The molecule has 1 aliphatic heterocycles. The predicted octanol–water partition coefficient (Wildman–Crippen LogP) is 5.53. The number of halogens is 6. The molecule has 14 heteroatoms. The van der Waals surface area contributed by atoms with E-state index in [2.05, 4.69) is 10.6 Å². The zero-order chi connectivity index (χ0) is 34.4. The summed E-state index contributed by atoms with van der Waals surface area (Å²) < 4.78 is 93.6. The summed E-state index contributed by atoms with van der Waals surface area (Å²) in [5, 5.41) is 5.32. The molecular formula is C33H33F6N3O5. The Kier molecular flexibility index (Phi) is 11.2. The maximum Gasteiger partial charge on any atom is 0.416 e. The summed E-state index contributed by atoms with van der Waals surface area (Å²) in [6.07, 6.45) is -10.2. The summed E-state index contributed by atoms with van der Waals surface area (Å²) >= 11 is 0. The molecule has 4 rings (SSSR count). The number of methoxy groups -OCH3 is 2. The molecule has 8 nitrogen and oxygen atoms in total. The fourth-order valence-electron chi connectivity index (χ4n) is 5.51. The summed E-state index contributed by atoms with van der Waals surface area (Å²) in [7, 11) is 2.90. The normalized spacial score (nSPS) is 16.4. The van der Waals surface area contributed by atoms with E-state index in [9.17, 15) is 40.7 Å². The van der Waals surface area contributed by atoms with Crippen molar-refractivity contribution >= 4 is 17.7 Å². The van der Waals surface area contributed by atoms with Crippen LogP contribution in [0.5, 0.6) is 5.75 Å². The molecule has 252 valence electrons. The van der Waals surface area contributed by atoms with Gasteiger partial charge in [-0.2, -0.15) is 26.3 Å². The Bertz CT molecular complexity index is 1560. The van der Waals surface area contributed by atoms with Crippen LogP contribution in [0, 0.1) is 0 Å². The molecule has 0 bridgehead atoms. The van der Waals surface area contributed by atoms with Gasteiger partial charge < -0.3 is 25.0 Å². The molecule has 2 N–H and O–H groups in total. The topological polar surface area (TPSA) is 97.0 Å². The second-order valence-corrected chi connectivity index (χ2v) is 10.8. The van der Waals surface area contributed by atoms with Gasteiger partial charge in [-0.1, -0.05) is 30.3 Å². The first-order chi connectivity index (χ1) is 22.2. The van der Waals surface area contributed by atoms with E-state index in [4.69, 9.17) is 9.47 Å². The number of hydrogen-bond donors (Lipinski definition) is 2. The fraction of sp³-hybridized carbons (Fsp3) is 0.364. The molecule has 47 heavy (non-hydrogen) atoms. The Morgan fingerprint density at radius 1 is 0.851 bits per heavy atom. The first kappa shape index (κ1) is 35.3. The highest BCUT2D eigenvalue weighted by Crippen LogP contribution is 2.46. The fourth-order valence-corrected chi connectivity index (χ4v) is 5.51. The molecular weight excluding hydrogens is 632 g/mol. The number of nitrogens with zero attached hydrogens (tertiary/aromatic N) is 1. The average molecular weight is 666 g/mol. The molecule has 2 unspecified atom stereocenters. The second kappa shape index (κ2) is 14.9. The standard InChI is InChI=1S/C33H33F6N3O5/c1-46-15-13-41-30(44)28-25-8-3-4-9-26(25)31(45)42(14-11-27(43)40-12-10-20-6-5-7-24(16-20)47-2)29(28)21-17-22(32(34,35)36)19-23(18-21)33(37,38)39/h3-9,16-19,28-29H,10-15H2,1-2H3,(H,40,43)(H,41,44). The van der Waals surface area contributed by atoms with Gasteiger partial charge in [0.15, 0.2) is 0 Å². The van der Waals surface area contributed by atoms with Gasteiger partial charge in [-0.3, -0.25) is 14.4 Å². The molecule has 0 fully saturated rings. The van der Waals surface area contributed by atoms with Crippen LogP contribution in [-0.2, 0) is 33.1 Å². The minimum Gasteiger partial charge on any atom is -0.497 e. The average Bonchev–Trinajstić information content (AvgIpc) is 3.03. The predicted molar refractivity (Wildman–Crippen MR) is 159 cm³/mol. The van der Waals surface area contributed by atoms with Crippen LogP contribution in [0.3, 0.4) is 0 Å². The minimum absolute atomic E-state index is 0.0131. The molecule has 3 aromatic carbocycles. The largest absolute Gasteiger partial charge is 0.497 e. The van der Waals surface area contributed by atoms with E-state index in [0.717, 1.165) is 10.5 Å². The van der Waals surface area contributed by atoms with Crippen molar-refractivity contribution in [3.63, 3.8) is 0 Å². The SMILES string of the molecule is COCCNC(=O)C1c2ccccc2C(=O)N(CCC(=O)NCCc2cccc(OC)c2)C1c1cc(C(F)(F)F)cc(C(F)(F)F)c1. The molecule has 0 radical (unpaired) electrons. The third-order valence-corrected chi connectivity index (χ3v) is 7.73. The molecule has 1 aliphatic rings. The molecule has 3 amide bonds. The number of rotatable bonds is 12. The number of nitrogens with one attached hydrogen (secondary N) is 2. The Balaban J connectivity index is 1.72. The van der Waals surface area contributed by atoms with Crippen molar-refractivity contribution in [2.75, 3.05) is 40.5 Å². The lowest BCUT2D eigenvalue weighted by Gasteiger charge is -2.42. The van der Waals surface area contributed by atoms with Gasteiger partial charge in [-0.25, -0.2) is 0 Å². The minimum atomic E-state index is -5.17. The van der Waals surface area contributed by atoms with E-state index in [1.807, 2.05) is 6.07 Å². The summed E-state index contributed by atoms with van der Waals surface area (Å²) in [5.74, 6) is -2.79. The van der Waals surface area contributed by atoms with Crippen LogP contribution in [0.1, 0.15) is 56.6 Å². The maximum absolute atomic E-state index is 13.9. The number of carbonyl (C=O) groups is 3. The van der Waals surface area contributed by atoms with Gasteiger partial charge in [0.25, 0.3) is 5.91 Å². The maximum atomic E-state index is 13.9. The van der Waals surface area contributed by atoms with Crippen LogP contribution in [0.2, 0.25) is 0 Å². The Labute approximate surface area is 267 Å². The first-order valence-electron chi connectivity index (χ1n) is 14.6. The smallest absolute Gasteiger partial charge is 0.416 e. The summed E-state index contributed by atoms with van der Waals surface area (Å²) in [5.41, 5.74) is -2.70. The lowest BCUT2D eigenvalue weighted by molar-refractivity contribution is -0.143. The molecule has 3 aromatic rings. The summed E-state index contributed by atoms with van der Waals surface area (Å²) in [6, 6.07) is 12.4. The number of benzene rings is 3. The number of alkyl halides is 6. The van der Waals surface area contributed by atoms with Crippen LogP contribution in [0.15, 0.2) is 66.7 Å². The second-order valence-electron chi connectivity index (χ2n) is 10.8. The highest BCUT2D eigenvalue weighted by Gasteiger charge is 2.46. The third kappa shape index (κ3) is 8.61. The number of amides is 3. The Morgan fingerprint density at radius 2 is 1.53 bits per heavy atom. The summed E-state index contributed by atoms with van der Waals surface area (Å²) in [4.78, 5) is 41.4. The van der Waals surface area contributed by atoms with Gasteiger partial charge >= 0.3 is 12.4 Å². The van der Waals surface area contributed by atoms with Gasteiger partial charge in [0.05, 0.1) is 36.8 Å². The van der Waals surface area contributed by atoms with Crippen molar-refractivity contribution in [3.8, 4) is 5.75 Å². The summed E-state index contributed by atoms with van der Waals surface area (Å²) in [6.45, 7) is -0.131. The highest BCUT2D eigenvalue weighted by molar-refractivity contribution is 6.01. The lowest BCUT2D eigenvalue weighted by Crippen LogP contribution is -2.48. The van der Waals surface area contributed by atoms with E-state index in [1.165, 1.54) is 38.5 Å². The van der Waals surface area contributed by atoms with Crippen LogP contribution in [-0.4, -0.2) is 63.1 Å². The monoisotopic (exact) mass is 665 g/mol. The molecule has 0 saturated heterocycles. The van der Waals surface area contributed by atoms with Gasteiger partial charge in [0.1, 0.15) is 5.75 Å². The number of fused-ring (bicyclic) bond motifs is 1. The molecule has 0 spiro atoms. The van der Waals surface area contributed by atoms with Gasteiger partial charge in [0, 0.05) is 38.7 Å². The van der Waals surface area contributed by atoms with E-state index >= 15 is 0 Å². The molecule has 0 aliphatic carbocycles. The van der Waals surface area contributed by atoms with E-state index in [0.29, 0.717) is 24.3 Å². The number of carbonyl (C=O) groups excluding carboxylic acids is 3. The van der Waals surface area contributed by atoms with E-state index in [1.54, 1.807) is 18.2 Å². The van der Waals surface area contributed by atoms with Crippen molar-refractivity contribution in [1.82, 2.24) is 15.5 Å². The Hall–Kier alpha value is -4.59. The molecule has 2 atom stereocenters. The number of hydrogen-bond acceptors (Lipinski definition) is 5. The quantitative estimate of drug-likeness (QED) is 0.196. The van der Waals surface area contributed by atoms with Gasteiger partial charge in [-0.15, -0.1) is 0 Å². The zero-order valence-electron chi connectivity index (χ0n) is 25.5. The van der Waals surface area contributed by atoms with Crippen molar-refractivity contribution < 1.29 is 50.2 Å². The van der Waals surface area contributed by atoms with Crippen LogP contribution < -0.4 is 15.4 Å². The van der Waals surface area contributed by atoms with Crippen molar-refractivity contribution in [2.45, 2.75) is 37.2 Å². The number of ether oxygens (including phenoxy) is 2. The van der Waals surface area contributed by atoms with Gasteiger partial charge in [0.2, 0.25) is 11.8 Å². The van der Waals surface area contributed by atoms with Crippen molar-refractivity contribution in [2.24, 2.45) is 0 Å².